The Balaban J connectivity index is 2.74. The molecule has 1 rings (SSSR count). The van der Waals surface area contributed by atoms with Crippen molar-refractivity contribution in [3.8, 4) is 0 Å². The van der Waals surface area contributed by atoms with Crippen molar-refractivity contribution in [3.05, 3.63) is 16.5 Å². The first-order valence-corrected chi connectivity index (χ1v) is 9.88. The number of thiophene rings is 1. The molecule has 4 nitrogen and oxygen atoms in total. The molecule has 0 amide bonds. The van der Waals surface area contributed by atoms with Crippen molar-refractivity contribution in [2.24, 2.45) is 5.92 Å². The molecule has 1 atom stereocenters. The van der Waals surface area contributed by atoms with Gasteiger partial charge in [0, 0.05) is 17.5 Å². The molecule has 0 bridgehead atoms. The molecular weight excluding hydrogens is 304 g/mol. The van der Waals surface area contributed by atoms with Gasteiger partial charge in [0.15, 0.2) is 0 Å². The summed E-state index contributed by atoms with van der Waals surface area (Å²) in [6.07, 6.45) is 1.89. The SMILES string of the molecule is CCNCc1sc(S(=O)(=O)NC(C)CCC(C)C)cc1C. The monoisotopic (exact) mass is 332 g/mol. The van der Waals surface area contributed by atoms with E-state index in [-0.39, 0.29) is 6.04 Å². The Bertz CT molecular complexity index is 536. The predicted octanol–water partition coefficient (Wildman–Crippen LogP) is 3.27. The van der Waals surface area contributed by atoms with Crippen LogP contribution >= 0.6 is 11.3 Å². The lowest BCUT2D eigenvalue weighted by molar-refractivity contribution is 0.486. The number of sulfonamides is 1. The Morgan fingerprint density at radius 1 is 1.24 bits per heavy atom. The minimum atomic E-state index is -3.39. The second-order valence-electron chi connectivity index (χ2n) is 5.95. The highest BCUT2D eigenvalue weighted by Gasteiger charge is 2.21. The van der Waals surface area contributed by atoms with Gasteiger partial charge in [-0.3, -0.25) is 0 Å². The number of hydrogen-bond acceptors (Lipinski definition) is 4. The molecule has 0 spiro atoms. The van der Waals surface area contributed by atoms with Crippen molar-refractivity contribution in [2.75, 3.05) is 6.54 Å². The van der Waals surface area contributed by atoms with Crippen LogP contribution in [-0.4, -0.2) is 21.0 Å². The molecule has 21 heavy (non-hydrogen) atoms. The van der Waals surface area contributed by atoms with Gasteiger partial charge < -0.3 is 5.32 Å². The molecule has 0 saturated carbocycles. The Morgan fingerprint density at radius 2 is 1.90 bits per heavy atom. The molecule has 6 heteroatoms. The number of rotatable bonds is 9. The van der Waals surface area contributed by atoms with Gasteiger partial charge in [-0.05, 0) is 50.8 Å². The first-order chi connectivity index (χ1) is 9.76. The van der Waals surface area contributed by atoms with Crippen LogP contribution in [-0.2, 0) is 16.6 Å². The molecule has 1 heterocycles. The molecule has 0 aromatic carbocycles. The predicted molar refractivity (Wildman–Crippen MR) is 90.3 cm³/mol. The van der Waals surface area contributed by atoms with E-state index in [2.05, 4.69) is 23.9 Å². The molecule has 122 valence electrons. The van der Waals surface area contributed by atoms with E-state index >= 15 is 0 Å². The van der Waals surface area contributed by atoms with Crippen LogP contribution in [0.25, 0.3) is 0 Å². The van der Waals surface area contributed by atoms with Crippen LogP contribution in [0.5, 0.6) is 0 Å². The quantitative estimate of drug-likeness (QED) is 0.730. The Morgan fingerprint density at radius 3 is 2.48 bits per heavy atom. The zero-order chi connectivity index (χ0) is 16.0. The lowest BCUT2D eigenvalue weighted by atomic mass is 10.1. The normalized spacial score (nSPS) is 13.8. The lowest BCUT2D eigenvalue weighted by Crippen LogP contribution is -2.32. The van der Waals surface area contributed by atoms with Crippen molar-refractivity contribution in [3.63, 3.8) is 0 Å². The highest BCUT2D eigenvalue weighted by molar-refractivity contribution is 7.91. The Kier molecular flexibility index (Phi) is 7.33. The molecule has 1 unspecified atom stereocenters. The third kappa shape index (κ3) is 6.06. The fourth-order valence-corrected chi connectivity index (χ4v) is 4.85. The van der Waals surface area contributed by atoms with E-state index in [1.165, 1.54) is 11.3 Å². The topological polar surface area (TPSA) is 58.2 Å². The fourth-order valence-electron chi connectivity index (χ4n) is 2.00. The van der Waals surface area contributed by atoms with E-state index in [0.717, 1.165) is 36.4 Å². The van der Waals surface area contributed by atoms with Crippen molar-refractivity contribution >= 4 is 21.4 Å². The van der Waals surface area contributed by atoms with Crippen molar-refractivity contribution in [1.82, 2.24) is 10.0 Å². The minimum Gasteiger partial charge on any atom is -0.312 e. The average molecular weight is 333 g/mol. The van der Waals surface area contributed by atoms with E-state index in [9.17, 15) is 8.42 Å². The lowest BCUT2D eigenvalue weighted by Gasteiger charge is -2.14. The van der Waals surface area contributed by atoms with Crippen LogP contribution in [0.3, 0.4) is 0 Å². The minimum absolute atomic E-state index is 0.0305. The van der Waals surface area contributed by atoms with Crippen LogP contribution in [0, 0.1) is 12.8 Å². The summed E-state index contributed by atoms with van der Waals surface area (Å²) in [4.78, 5) is 1.09. The van der Waals surface area contributed by atoms with Crippen LogP contribution in [0.4, 0.5) is 0 Å². The summed E-state index contributed by atoms with van der Waals surface area (Å²) in [6.45, 7) is 11.8. The van der Waals surface area contributed by atoms with E-state index in [0.29, 0.717) is 10.1 Å². The smallest absolute Gasteiger partial charge is 0.250 e. The third-order valence-electron chi connectivity index (χ3n) is 3.33. The van der Waals surface area contributed by atoms with Crippen LogP contribution in [0.1, 0.15) is 51.0 Å². The summed E-state index contributed by atoms with van der Waals surface area (Å²) in [5, 5.41) is 3.24. The molecule has 1 aromatic heterocycles. The molecule has 0 aliphatic heterocycles. The van der Waals surface area contributed by atoms with Crippen molar-refractivity contribution in [2.45, 2.75) is 64.3 Å². The van der Waals surface area contributed by atoms with Crippen LogP contribution in [0.2, 0.25) is 0 Å². The average Bonchev–Trinajstić information content (AvgIpc) is 2.76. The highest BCUT2D eigenvalue weighted by atomic mass is 32.2. The van der Waals surface area contributed by atoms with Gasteiger partial charge in [0.05, 0.1) is 0 Å². The van der Waals surface area contributed by atoms with E-state index < -0.39 is 10.0 Å². The highest BCUT2D eigenvalue weighted by Crippen LogP contribution is 2.26. The van der Waals surface area contributed by atoms with Gasteiger partial charge in [0.25, 0.3) is 0 Å². The number of nitrogens with one attached hydrogen (secondary N) is 2. The second kappa shape index (κ2) is 8.27. The van der Waals surface area contributed by atoms with Gasteiger partial charge >= 0.3 is 0 Å². The maximum atomic E-state index is 12.4. The van der Waals surface area contributed by atoms with E-state index in [1.807, 2.05) is 20.8 Å². The Labute approximate surface area is 133 Å². The molecular formula is C15H28N2O2S2. The number of aryl methyl sites for hydroxylation is 1. The van der Waals surface area contributed by atoms with Crippen molar-refractivity contribution < 1.29 is 8.42 Å². The third-order valence-corrected chi connectivity index (χ3v) is 6.63. The van der Waals surface area contributed by atoms with Gasteiger partial charge in [-0.25, -0.2) is 13.1 Å². The maximum Gasteiger partial charge on any atom is 0.250 e. The Hall–Kier alpha value is -0.430. The first-order valence-electron chi connectivity index (χ1n) is 7.58. The fraction of sp³-hybridized carbons (Fsp3) is 0.733. The standard InChI is InChI=1S/C15H28N2O2S2/c1-6-16-10-14-12(4)9-15(20-14)21(18,19)17-13(5)8-7-11(2)3/h9,11,13,16-17H,6-8,10H2,1-5H3. The summed E-state index contributed by atoms with van der Waals surface area (Å²) in [6, 6.07) is 1.74. The summed E-state index contributed by atoms with van der Waals surface area (Å²) >= 11 is 1.36. The summed E-state index contributed by atoms with van der Waals surface area (Å²) in [5.41, 5.74) is 1.04. The molecule has 0 aliphatic carbocycles. The van der Waals surface area contributed by atoms with Crippen LogP contribution < -0.4 is 10.0 Å². The van der Waals surface area contributed by atoms with Gasteiger partial charge in [0.2, 0.25) is 10.0 Å². The largest absolute Gasteiger partial charge is 0.312 e. The summed E-state index contributed by atoms with van der Waals surface area (Å²) in [5.74, 6) is 0.590. The second-order valence-corrected chi connectivity index (χ2v) is 9.02. The van der Waals surface area contributed by atoms with Gasteiger partial charge in [-0.15, -0.1) is 11.3 Å². The summed E-state index contributed by atoms with van der Waals surface area (Å²) < 4.78 is 28.0. The van der Waals surface area contributed by atoms with E-state index in [1.54, 1.807) is 6.07 Å². The molecule has 0 radical (unpaired) electrons. The van der Waals surface area contributed by atoms with Gasteiger partial charge in [0.1, 0.15) is 4.21 Å². The van der Waals surface area contributed by atoms with E-state index in [4.69, 9.17) is 0 Å². The maximum absolute atomic E-state index is 12.4. The first kappa shape index (κ1) is 18.6. The number of hydrogen-bond donors (Lipinski definition) is 2. The zero-order valence-electron chi connectivity index (χ0n) is 13.7. The summed E-state index contributed by atoms with van der Waals surface area (Å²) in [7, 11) is -3.39. The molecule has 0 fully saturated rings. The van der Waals surface area contributed by atoms with Crippen molar-refractivity contribution in [1.29, 1.82) is 0 Å². The van der Waals surface area contributed by atoms with Gasteiger partial charge in [-0.2, -0.15) is 0 Å². The molecule has 0 saturated heterocycles. The molecule has 2 N–H and O–H groups in total. The van der Waals surface area contributed by atoms with Crippen LogP contribution in [0.15, 0.2) is 10.3 Å². The molecule has 0 aliphatic rings. The zero-order valence-corrected chi connectivity index (χ0v) is 15.3. The van der Waals surface area contributed by atoms with Gasteiger partial charge in [-0.1, -0.05) is 20.8 Å². The molecule has 1 aromatic rings.